The summed E-state index contributed by atoms with van der Waals surface area (Å²) in [5.41, 5.74) is 2.56. The fourth-order valence-electron chi connectivity index (χ4n) is 2.49. The fraction of sp³-hybridized carbons (Fsp3) is 0.688. The van der Waals surface area contributed by atoms with Crippen molar-refractivity contribution in [2.24, 2.45) is 0 Å². The van der Waals surface area contributed by atoms with Gasteiger partial charge in [0.2, 0.25) is 0 Å². The minimum atomic E-state index is 0.976. The highest BCUT2D eigenvalue weighted by atomic mass is 32.1. The molecule has 0 spiro atoms. The lowest BCUT2D eigenvalue weighted by Gasteiger charge is -2.25. The minimum Gasteiger partial charge on any atom is -0.348 e. The van der Waals surface area contributed by atoms with Gasteiger partial charge in [-0.15, -0.1) is 0 Å². The van der Waals surface area contributed by atoms with Gasteiger partial charge in [-0.05, 0) is 52.2 Å². The van der Waals surface area contributed by atoms with Gasteiger partial charge < -0.3 is 10.2 Å². The number of anilines is 1. The maximum Gasteiger partial charge on any atom is 0.186 e. The van der Waals surface area contributed by atoms with Crippen molar-refractivity contribution in [1.29, 1.82) is 0 Å². The van der Waals surface area contributed by atoms with Gasteiger partial charge in [0.05, 0.1) is 10.6 Å². The first kappa shape index (κ1) is 15.5. The summed E-state index contributed by atoms with van der Waals surface area (Å²) in [6.45, 7) is 10.9. The van der Waals surface area contributed by atoms with Gasteiger partial charge in [0.25, 0.3) is 0 Å². The molecule has 1 fully saturated rings. The third-order valence-corrected chi connectivity index (χ3v) is 4.82. The van der Waals surface area contributed by atoms with E-state index in [1.807, 2.05) is 11.3 Å². The summed E-state index contributed by atoms with van der Waals surface area (Å²) in [4.78, 5) is 8.53. The van der Waals surface area contributed by atoms with Crippen LogP contribution in [0.2, 0.25) is 0 Å². The minimum absolute atomic E-state index is 0.976. The topological polar surface area (TPSA) is 28.2 Å². The predicted molar refractivity (Wildman–Crippen MR) is 89.7 cm³/mol. The van der Waals surface area contributed by atoms with E-state index >= 15 is 0 Å². The summed E-state index contributed by atoms with van der Waals surface area (Å²) in [5, 5.41) is 4.66. The van der Waals surface area contributed by atoms with Gasteiger partial charge in [-0.1, -0.05) is 23.8 Å². The molecule has 1 aromatic rings. The zero-order valence-electron chi connectivity index (χ0n) is 13.0. The number of piperidine rings is 1. The van der Waals surface area contributed by atoms with Crippen LogP contribution in [-0.4, -0.2) is 31.2 Å². The van der Waals surface area contributed by atoms with Gasteiger partial charge in [-0.2, -0.15) is 0 Å². The fourth-order valence-corrected chi connectivity index (χ4v) is 3.63. The number of nitrogens with zero attached hydrogens (tertiary/aromatic N) is 2. The molecule has 1 aliphatic rings. The van der Waals surface area contributed by atoms with Gasteiger partial charge in [0.15, 0.2) is 5.13 Å². The first-order valence-electron chi connectivity index (χ1n) is 7.81. The van der Waals surface area contributed by atoms with Crippen molar-refractivity contribution in [1.82, 2.24) is 10.3 Å². The number of nitrogens with one attached hydrogen (secondary N) is 1. The highest BCUT2D eigenvalue weighted by Gasteiger charge is 2.15. The second kappa shape index (κ2) is 7.79. The molecule has 0 aliphatic carbocycles. The summed E-state index contributed by atoms with van der Waals surface area (Å²) >= 11 is 1.84. The van der Waals surface area contributed by atoms with Crippen LogP contribution in [0.15, 0.2) is 5.57 Å². The molecule has 0 bridgehead atoms. The predicted octanol–water partition coefficient (Wildman–Crippen LogP) is 3.84. The molecule has 1 N–H and O–H groups in total. The highest BCUT2D eigenvalue weighted by Crippen LogP contribution is 2.29. The van der Waals surface area contributed by atoms with E-state index in [1.165, 1.54) is 60.0 Å². The van der Waals surface area contributed by atoms with Crippen LogP contribution in [0.1, 0.15) is 50.1 Å². The van der Waals surface area contributed by atoms with E-state index in [9.17, 15) is 0 Å². The Morgan fingerprint density at radius 3 is 2.80 bits per heavy atom. The number of aromatic nitrogens is 1. The van der Waals surface area contributed by atoms with Crippen LogP contribution in [0.5, 0.6) is 0 Å². The number of hydrogen-bond acceptors (Lipinski definition) is 4. The molecule has 112 valence electrons. The molecule has 3 nitrogen and oxygen atoms in total. The van der Waals surface area contributed by atoms with Crippen LogP contribution < -0.4 is 10.2 Å². The Labute approximate surface area is 127 Å². The van der Waals surface area contributed by atoms with Gasteiger partial charge >= 0.3 is 0 Å². The van der Waals surface area contributed by atoms with Crippen LogP contribution >= 0.6 is 11.3 Å². The van der Waals surface area contributed by atoms with Crippen LogP contribution in [0.25, 0.3) is 6.08 Å². The number of hydrogen-bond donors (Lipinski definition) is 1. The van der Waals surface area contributed by atoms with Crippen molar-refractivity contribution < 1.29 is 0 Å². The van der Waals surface area contributed by atoms with Crippen LogP contribution in [0, 0.1) is 6.92 Å². The van der Waals surface area contributed by atoms with E-state index in [0.717, 1.165) is 13.1 Å². The largest absolute Gasteiger partial charge is 0.348 e. The lowest BCUT2D eigenvalue weighted by molar-refractivity contribution is 0.576. The lowest BCUT2D eigenvalue weighted by Crippen LogP contribution is -2.29. The average Bonchev–Trinajstić information content (AvgIpc) is 2.81. The Balaban J connectivity index is 2.01. The molecule has 1 aliphatic heterocycles. The van der Waals surface area contributed by atoms with Crippen molar-refractivity contribution in [2.75, 3.05) is 31.1 Å². The van der Waals surface area contributed by atoms with E-state index in [4.69, 9.17) is 4.98 Å². The smallest absolute Gasteiger partial charge is 0.186 e. The first-order chi connectivity index (χ1) is 9.70. The second-order valence-corrected chi connectivity index (χ2v) is 6.67. The van der Waals surface area contributed by atoms with Gasteiger partial charge in [0.1, 0.15) is 0 Å². The summed E-state index contributed by atoms with van der Waals surface area (Å²) in [6, 6.07) is 0. The van der Waals surface area contributed by atoms with Crippen molar-refractivity contribution in [2.45, 2.75) is 46.5 Å². The maximum atomic E-state index is 4.76. The molecule has 1 aromatic heterocycles. The molecule has 0 unspecified atom stereocenters. The van der Waals surface area contributed by atoms with E-state index < -0.39 is 0 Å². The molecular formula is C16H27N3S. The lowest BCUT2D eigenvalue weighted by atomic mass is 10.1. The van der Waals surface area contributed by atoms with Crippen molar-refractivity contribution >= 4 is 22.5 Å². The zero-order valence-corrected chi connectivity index (χ0v) is 13.9. The average molecular weight is 293 g/mol. The SMILES string of the molecule is CCCNCC(C)=Cc1sc(N2CCCCC2)nc1C. The molecule has 20 heavy (non-hydrogen) atoms. The number of aryl methyl sites for hydroxylation is 1. The number of rotatable bonds is 6. The molecule has 0 atom stereocenters. The Hall–Kier alpha value is -0.870. The monoisotopic (exact) mass is 293 g/mol. The molecule has 0 aromatic carbocycles. The normalized spacial score (nSPS) is 16.8. The van der Waals surface area contributed by atoms with Crippen LogP contribution in [0.3, 0.4) is 0 Å². The number of thiazole rings is 1. The first-order valence-corrected chi connectivity index (χ1v) is 8.62. The van der Waals surface area contributed by atoms with Crippen LogP contribution in [0.4, 0.5) is 5.13 Å². The zero-order chi connectivity index (χ0) is 14.4. The Morgan fingerprint density at radius 2 is 2.10 bits per heavy atom. The maximum absolute atomic E-state index is 4.76. The molecule has 0 radical (unpaired) electrons. The van der Waals surface area contributed by atoms with E-state index in [-0.39, 0.29) is 0 Å². The van der Waals surface area contributed by atoms with Crippen molar-refractivity contribution in [3.63, 3.8) is 0 Å². The van der Waals surface area contributed by atoms with Crippen molar-refractivity contribution in [3.05, 3.63) is 16.1 Å². The molecule has 0 saturated carbocycles. The summed E-state index contributed by atoms with van der Waals surface area (Å²) < 4.78 is 0. The van der Waals surface area contributed by atoms with E-state index in [0.29, 0.717) is 0 Å². The van der Waals surface area contributed by atoms with E-state index in [2.05, 4.69) is 37.1 Å². The van der Waals surface area contributed by atoms with Crippen molar-refractivity contribution in [3.8, 4) is 0 Å². The van der Waals surface area contributed by atoms with Gasteiger partial charge in [0, 0.05) is 19.6 Å². The molecule has 4 heteroatoms. The standard InChI is InChI=1S/C16H27N3S/c1-4-8-17-12-13(2)11-15-14(3)18-16(20-15)19-9-6-5-7-10-19/h11,17H,4-10,12H2,1-3H3. The van der Waals surface area contributed by atoms with Gasteiger partial charge in [-0.25, -0.2) is 4.98 Å². The van der Waals surface area contributed by atoms with Gasteiger partial charge in [-0.3, -0.25) is 0 Å². The van der Waals surface area contributed by atoms with Crippen LogP contribution in [-0.2, 0) is 0 Å². The molecule has 1 saturated heterocycles. The Morgan fingerprint density at radius 1 is 1.35 bits per heavy atom. The third kappa shape index (κ3) is 4.32. The highest BCUT2D eigenvalue weighted by molar-refractivity contribution is 7.16. The Bertz CT molecular complexity index is 445. The summed E-state index contributed by atoms with van der Waals surface area (Å²) in [6.07, 6.45) is 7.47. The molecule has 2 rings (SSSR count). The third-order valence-electron chi connectivity index (χ3n) is 3.66. The summed E-state index contributed by atoms with van der Waals surface area (Å²) in [5.74, 6) is 0. The Kier molecular flexibility index (Phi) is 6.05. The molecular weight excluding hydrogens is 266 g/mol. The second-order valence-electron chi connectivity index (χ2n) is 5.66. The van der Waals surface area contributed by atoms with E-state index in [1.54, 1.807) is 0 Å². The molecule has 2 heterocycles. The molecule has 0 amide bonds. The quantitative estimate of drug-likeness (QED) is 0.808. The summed E-state index contributed by atoms with van der Waals surface area (Å²) in [7, 11) is 0.